The largest absolute Gasteiger partial charge is 0.310 e. The number of thiophene rings is 1. The Morgan fingerprint density at radius 1 is 1.19 bits per heavy atom. The van der Waals surface area contributed by atoms with E-state index < -0.39 is 10.0 Å². The fraction of sp³-hybridized carbons (Fsp3) is 0.733. The number of sulfonamides is 1. The van der Waals surface area contributed by atoms with Gasteiger partial charge in [0.2, 0.25) is 0 Å². The van der Waals surface area contributed by atoms with Crippen LogP contribution in [0.2, 0.25) is 0 Å². The van der Waals surface area contributed by atoms with Gasteiger partial charge in [0.05, 0.1) is 0 Å². The summed E-state index contributed by atoms with van der Waals surface area (Å²) in [4.78, 5) is 1.05. The first-order valence-corrected chi connectivity index (χ1v) is 9.70. The Morgan fingerprint density at radius 3 is 2.33 bits per heavy atom. The third kappa shape index (κ3) is 5.36. The van der Waals surface area contributed by atoms with Gasteiger partial charge in [-0.3, -0.25) is 0 Å². The number of nitrogens with one attached hydrogen (secondary N) is 1. The van der Waals surface area contributed by atoms with Crippen molar-refractivity contribution in [1.29, 1.82) is 0 Å². The predicted molar refractivity (Wildman–Crippen MR) is 90.2 cm³/mol. The van der Waals surface area contributed by atoms with E-state index in [1.54, 1.807) is 13.1 Å². The van der Waals surface area contributed by atoms with Crippen molar-refractivity contribution in [2.45, 2.75) is 63.9 Å². The van der Waals surface area contributed by atoms with Crippen LogP contribution >= 0.6 is 11.3 Å². The van der Waals surface area contributed by atoms with Crippen molar-refractivity contribution >= 4 is 21.4 Å². The second-order valence-electron chi connectivity index (χ2n) is 6.26. The van der Waals surface area contributed by atoms with Crippen molar-refractivity contribution in [3.05, 3.63) is 17.0 Å². The summed E-state index contributed by atoms with van der Waals surface area (Å²) in [6, 6.07) is 4.01. The highest BCUT2D eigenvalue weighted by molar-refractivity contribution is 7.91. The molecule has 4 nitrogen and oxygen atoms in total. The number of nitrogens with zero attached hydrogens (tertiary/aromatic N) is 1. The number of rotatable bonds is 8. The van der Waals surface area contributed by atoms with E-state index in [-0.39, 0.29) is 6.04 Å². The molecule has 0 bridgehead atoms. The summed E-state index contributed by atoms with van der Waals surface area (Å²) in [5.74, 6) is 0.479. The molecule has 0 spiro atoms. The lowest BCUT2D eigenvalue weighted by Crippen LogP contribution is -2.35. The van der Waals surface area contributed by atoms with Gasteiger partial charge in [0.25, 0.3) is 10.0 Å². The van der Waals surface area contributed by atoms with E-state index in [0.717, 1.165) is 11.3 Å². The zero-order valence-electron chi connectivity index (χ0n) is 13.9. The molecule has 1 N–H and O–H groups in total. The van der Waals surface area contributed by atoms with Crippen LogP contribution in [0.1, 0.15) is 45.9 Å². The maximum Gasteiger partial charge on any atom is 0.252 e. The van der Waals surface area contributed by atoms with Crippen molar-refractivity contribution in [3.8, 4) is 0 Å². The van der Waals surface area contributed by atoms with Gasteiger partial charge in [0.1, 0.15) is 4.21 Å². The Morgan fingerprint density at radius 2 is 1.81 bits per heavy atom. The van der Waals surface area contributed by atoms with Gasteiger partial charge in [-0.1, -0.05) is 27.7 Å². The van der Waals surface area contributed by atoms with Gasteiger partial charge in [-0.2, -0.15) is 4.31 Å². The SMILES string of the molecule is CC(C)CC(C)N(C)S(=O)(=O)c1ccc(CNC(C)C)s1. The molecule has 6 heteroatoms. The van der Waals surface area contributed by atoms with E-state index in [9.17, 15) is 8.42 Å². The average Bonchev–Trinajstić information content (AvgIpc) is 2.83. The molecule has 1 aromatic rings. The first-order chi connectivity index (χ1) is 9.64. The highest BCUT2D eigenvalue weighted by Crippen LogP contribution is 2.26. The van der Waals surface area contributed by atoms with Crippen LogP contribution in [0.3, 0.4) is 0 Å². The van der Waals surface area contributed by atoms with Gasteiger partial charge in [0.15, 0.2) is 0 Å². The molecule has 0 aliphatic heterocycles. The molecule has 0 radical (unpaired) electrons. The summed E-state index contributed by atoms with van der Waals surface area (Å²) in [7, 11) is -1.70. The Balaban J connectivity index is 2.82. The van der Waals surface area contributed by atoms with Gasteiger partial charge in [-0.15, -0.1) is 11.3 Å². The fourth-order valence-electron chi connectivity index (χ4n) is 2.11. The number of hydrogen-bond donors (Lipinski definition) is 1. The summed E-state index contributed by atoms with van der Waals surface area (Å²) in [5, 5.41) is 3.31. The molecule has 1 rings (SSSR count). The Labute approximate surface area is 133 Å². The standard InChI is InChI=1S/C15H28N2O2S2/c1-11(2)9-13(5)17(6)21(18,19)15-8-7-14(20-15)10-16-12(3)4/h7-8,11-13,16H,9-10H2,1-6H3. The fourth-order valence-corrected chi connectivity index (χ4v) is 4.97. The molecule has 21 heavy (non-hydrogen) atoms. The van der Waals surface area contributed by atoms with Crippen molar-refractivity contribution in [2.24, 2.45) is 5.92 Å². The van der Waals surface area contributed by atoms with E-state index >= 15 is 0 Å². The zero-order chi connectivity index (χ0) is 16.2. The van der Waals surface area contributed by atoms with E-state index in [0.29, 0.717) is 22.7 Å². The minimum absolute atomic E-state index is 0.00865. The van der Waals surface area contributed by atoms with Gasteiger partial charge in [-0.05, 0) is 31.4 Å². The second kappa shape index (κ2) is 7.72. The van der Waals surface area contributed by atoms with Crippen LogP contribution < -0.4 is 5.32 Å². The maximum absolute atomic E-state index is 12.6. The molecule has 0 aliphatic rings. The zero-order valence-corrected chi connectivity index (χ0v) is 15.5. The lowest BCUT2D eigenvalue weighted by atomic mass is 10.1. The van der Waals surface area contributed by atoms with Crippen LogP contribution in [0, 0.1) is 5.92 Å². The van der Waals surface area contributed by atoms with E-state index in [2.05, 4.69) is 33.0 Å². The molecule has 0 fully saturated rings. The van der Waals surface area contributed by atoms with E-state index in [1.807, 2.05) is 13.0 Å². The molecule has 1 aromatic heterocycles. The summed E-state index contributed by atoms with van der Waals surface area (Å²) < 4.78 is 27.2. The normalized spacial score (nSPS) is 14.3. The van der Waals surface area contributed by atoms with Gasteiger partial charge in [-0.25, -0.2) is 8.42 Å². The van der Waals surface area contributed by atoms with Gasteiger partial charge >= 0.3 is 0 Å². The van der Waals surface area contributed by atoms with Crippen molar-refractivity contribution in [1.82, 2.24) is 9.62 Å². The van der Waals surface area contributed by atoms with Crippen LogP contribution in [-0.4, -0.2) is 31.9 Å². The first kappa shape index (κ1) is 18.6. The van der Waals surface area contributed by atoms with Gasteiger partial charge in [0, 0.05) is 30.6 Å². The molecule has 1 unspecified atom stereocenters. The summed E-state index contributed by atoms with van der Waals surface area (Å²) in [6.07, 6.45) is 0.864. The van der Waals surface area contributed by atoms with Crippen LogP contribution in [0.4, 0.5) is 0 Å². The summed E-state index contributed by atoms with van der Waals surface area (Å²) >= 11 is 1.35. The first-order valence-electron chi connectivity index (χ1n) is 7.44. The Hall–Kier alpha value is -0.430. The molecular weight excluding hydrogens is 304 g/mol. The molecule has 0 aliphatic carbocycles. The molecule has 0 aromatic carbocycles. The Bertz CT molecular complexity index is 536. The van der Waals surface area contributed by atoms with E-state index in [1.165, 1.54) is 15.6 Å². The molecule has 0 amide bonds. The van der Waals surface area contributed by atoms with Crippen LogP contribution in [-0.2, 0) is 16.6 Å². The predicted octanol–water partition coefficient (Wildman–Crippen LogP) is 3.30. The molecule has 122 valence electrons. The van der Waals surface area contributed by atoms with Crippen molar-refractivity contribution < 1.29 is 8.42 Å². The Kier molecular flexibility index (Phi) is 6.84. The molecule has 0 saturated carbocycles. The highest BCUT2D eigenvalue weighted by Gasteiger charge is 2.27. The van der Waals surface area contributed by atoms with Crippen molar-refractivity contribution in [2.75, 3.05) is 7.05 Å². The monoisotopic (exact) mass is 332 g/mol. The van der Waals surface area contributed by atoms with Crippen LogP contribution in [0.25, 0.3) is 0 Å². The quantitative estimate of drug-likeness (QED) is 0.794. The summed E-state index contributed by atoms with van der Waals surface area (Å²) in [6.45, 7) is 11.0. The van der Waals surface area contributed by atoms with Crippen LogP contribution in [0.15, 0.2) is 16.3 Å². The molecule has 1 atom stereocenters. The third-order valence-corrected chi connectivity index (χ3v) is 6.91. The van der Waals surface area contributed by atoms with Crippen molar-refractivity contribution in [3.63, 3.8) is 0 Å². The molecule has 1 heterocycles. The summed E-state index contributed by atoms with van der Waals surface area (Å²) in [5.41, 5.74) is 0. The lowest BCUT2D eigenvalue weighted by molar-refractivity contribution is 0.338. The third-order valence-electron chi connectivity index (χ3n) is 3.39. The van der Waals surface area contributed by atoms with E-state index in [4.69, 9.17) is 0 Å². The average molecular weight is 333 g/mol. The molecule has 0 saturated heterocycles. The number of hydrogen-bond acceptors (Lipinski definition) is 4. The second-order valence-corrected chi connectivity index (χ2v) is 9.65. The molecular formula is C15H28N2O2S2. The minimum Gasteiger partial charge on any atom is -0.310 e. The maximum atomic E-state index is 12.6. The van der Waals surface area contributed by atoms with Crippen LogP contribution in [0.5, 0.6) is 0 Å². The van der Waals surface area contributed by atoms with Gasteiger partial charge < -0.3 is 5.32 Å². The lowest BCUT2D eigenvalue weighted by Gasteiger charge is -2.24. The highest BCUT2D eigenvalue weighted by atomic mass is 32.2. The minimum atomic E-state index is -3.38. The smallest absolute Gasteiger partial charge is 0.252 e. The topological polar surface area (TPSA) is 49.4 Å².